The van der Waals surface area contributed by atoms with Crippen molar-refractivity contribution in [3.63, 3.8) is 0 Å². The normalized spacial score (nSPS) is 17.2. The van der Waals surface area contributed by atoms with Crippen LogP contribution >= 0.6 is 11.3 Å². The summed E-state index contributed by atoms with van der Waals surface area (Å²) in [6.45, 7) is 2.54. The fourth-order valence-corrected chi connectivity index (χ4v) is 6.72. The van der Waals surface area contributed by atoms with Gasteiger partial charge in [0.15, 0.2) is 0 Å². The van der Waals surface area contributed by atoms with Crippen molar-refractivity contribution >= 4 is 23.1 Å². The van der Waals surface area contributed by atoms with Crippen LogP contribution in [0.5, 0.6) is 5.75 Å². The van der Waals surface area contributed by atoms with Gasteiger partial charge in [-0.3, -0.25) is 0 Å². The summed E-state index contributed by atoms with van der Waals surface area (Å²) in [5.41, 5.74) is 5.53. The lowest BCUT2D eigenvalue weighted by molar-refractivity contribution is 0.194. The van der Waals surface area contributed by atoms with Crippen LogP contribution in [-0.4, -0.2) is 41.1 Å². The summed E-state index contributed by atoms with van der Waals surface area (Å²) in [7, 11) is 3.80. The highest BCUT2D eigenvalue weighted by atomic mass is 32.1. The smallest absolute Gasteiger partial charge is 0.323 e. The van der Waals surface area contributed by atoms with Gasteiger partial charge in [-0.05, 0) is 48.9 Å². The molecule has 35 heavy (non-hydrogen) atoms. The van der Waals surface area contributed by atoms with Gasteiger partial charge in [-0.15, -0.1) is 11.3 Å². The number of amides is 2. The number of methoxy groups -OCH3 is 1. The number of hydrogen-bond donors (Lipinski definition) is 1. The Labute approximate surface area is 209 Å². The Balaban J connectivity index is 1.49. The summed E-state index contributed by atoms with van der Waals surface area (Å²) in [4.78, 5) is 19.8. The van der Waals surface area contributed by atoms with E-state index < -0.39 is 0 Å². The number of rotatable bonds is 3. The van der Waals surface area contributed by atoms with Crippen LogP contribution in [0.15, 0.2) is 72.9 Å². The van der Waals surface area contributed by atoms with Crippen molar-refractivity contribution in [1.29, 1.82) is 0 Å². The average Bonchev–Trinajstić information content (AvgIpc) is 3.46. The minimum atomic E-state index is -0.220. The molecule has 0 fully saturated rings. The van der Waals surface area contributed by atoms with E-state index in [1.165, 1.54) is 21.0 Å². The van der Waals surface area contributed by atoms with Crippen molar-refractivity contribution < 1.29 is 9.53 Å². The molecule has 2 amide bonds. The molecule has 7 heteroatoms. The lowest BCUT2D eigenvalue weighted by atomic mass is 10.0. The zero-order chi connectivity index (χ0) is 23.9. The number of hydrogen-bond acceptors (Lipinski definition) is 4. The zero-order valence-electron chi connectivity index (χ0n) is 19.9. The van der Waals surface area contributed by atoms with Gasteiger partial charge in [-0.2, -0.15) is 0 Å². The summed E-state index contributed by atoms with van der Waals surface area (Å²) in [5.74, 6) is 0.645. The van der Waals surface area contributed by atoms with Crippen LogP contribution in [0.3, 0.4) is 0 Å². The highest BCUT2D eigenvalue weighted by Gasteiger charge is 2.36. The van der Waals surface area contributed by atoms with E-state index in [1.54, 1.807) is 7.11 Å². The van der Waals surface area contributed by atoms with Gasteiger partial charge in [0.1, 0.15) is 10.8 Å². The highest BCUT2D eigenvalue weighted by Crippen LogP contribution is 2.43. The van der Waals surface area contributed by atoms with Crippen molar-refractivity contribution in [3.8, 4) is 10.8 Å². The van der Waals surface area contributed by atoms with Crippen LogP contribution in [0.25, 0.3) is 5.00 Å². The average molecular weight is 485 g/mol. The second-order valence-electron chi connectivity index (χ2n) is 9.15. The standard InChI is InChI=1S/C28H28N4O2S/c1-30-16-14-20-21-17-32(28(33)29-22-11-6-7-13-24(22)34-2)26(19-9-4-3-5-10-19)23-12-8-15-31(23)27(21)35-25(20)18-30/h3-13,15,26H,14,16-18H2,1-2H3,(H,29,33)/t26-/m0/s1. The minimum Gasteiger partial charge on any atom is -0.495 e. The van der Waals surface area contributed by atoms with E-state index in [2.05, 4.69) is 52.3 Å². The highest BCUT2D eigenvalue weighted by molar-refractivity contribution is 7.15. The van der Waals surface area contributed by atoms with Gasteiger partial charge in [-0.25, -0.2) is 4.79 Å². The summed E-state index contributed by atoms with van der Waals surface area (Å²) in [5, 5.41) is 4.37. The molecular weight excluding hydrogens is 456 g/mol. The van der Waals surface area contributed by atoms with Gasteiger partial charge < -0.3 is 24.4 Å². The van der Waals surface area contributed by atoms with Crippen LogP contribution in [0.1, 0.15) is 33.3 Å². The molecule has 0 unspecified atom stereocenters. The Hall–Kier alpha value is -3.55. The molecule has 2 aromatic carbocycles. The number of para-hydroxylation sites is 2. The van der Waals surface area contributed by atoms with Crippen LogP contribution < -0.4 is 10.1 Å². The molecule has 6 rings (SSSR count). The number of nitrogens with zero attached hydrogens (tertiary/aromatic N) is 3. The number of carbonyl (C=O) groups is 1. The van der Waals surface area contributed by atoms with Crippen molar-refractivity contribution in [2.45, 2.75) is 25.6 Å². The summed E-state index contributed by atoms with van der Waals surface area (Å²) in [6, 6.07) is 21.7. The predicted molar refractivity (Wildman–Crippen MR) is 140 cm³/mol. The van der Waals surface area contributed by atoms with Crippen molar-refractivity contribution in [3.05, 3.63) is 100 Å². The number of carbonyl (C=O) groups excluding carboxylic acids is 1. The van der Waals surface area contributed by atoms with Crippen LogP contribution in [0.4, 0.5) is 10.5 Å². The molecule has 0 radical (unpaired) electrons. The topological polar surface area (TPSA) is 49.7 Å². The van der Waals surface area contributed by atoms with E-state index in [0.717, 1.165) is 30.8 Å². The fraction of sp³-hybridized carbons (Fsp3) is 0.250. The number of fused-ring (bicyclic) bond motifs is 5. The number of urea groups is 1. The molecule has 4 aromatic rings. The number of thiophene rings is 1. The van der Waals surface area contributed by atoms with E-state index in [9.17, 15) is 4.79 Å². The lowest BCUT2D eigenvalue weighted by Gasteiger charge is -2.32. The van der Waals surface area contributed by atoms with Crippen LogP contribution in [0, 0.1) is 0 Å². The van der Waals surface area contributed by atoms with Gasteiger partial charge in [0.25, 0.3) is 0 Å². The summed E-state index contributed by atoms with van der Waals surface area (Å²) >= 11 is 1.87. The molecule has 1 atom stereocenters. The van der Waals surface area contributed by atoms with Crippen LogP contribution in [0.2, 0.25) is 0 Å². The molecule has 2 aliphatic heterocycles. The van der Waals surface area contributed by atoms with Crippen LogP contribution in [-0.2, 0) is 19.5 Å². The van der Waals surface area contributed by atoms with E-state index in [0.29, 0.717) is 18.0 Å². The first-order valence-electron chi connectivity index (χ1n) is 11.9. The molecule has 0 bridgehead atoms. The molecule has 2 aromatic heterocycles. The number of benzene rings is 2. The zero-order valence-corrected chi connectivity index (χ0v) is 20.7. The molecule has 2 aliphatic rings. The SMILES string of the molecule is COc1ccccc1NC(=O)N1Cc2c(sc3c2CCN(C)C3)-n2cccc2[C@@H]1c1ccccc1. The number of nitrogens with one attached hydrogen (secondary N) is 1. The van der Waals surface area contributed by atoms with E-state index >= 15 is 0 Å². The molecule has 4 heterocycles. The third-order valence-corrected chi connectivity index (χ3v) is 8.24. The third-order valence-electron chi connectivity index (χ3n) is 6.98. The fourth-order valence-electron chi connectivity index (χ4n) is 5.27. The number of anilines is 1. The Bertz CT molecular complexity index is 1380. The Kier molecular flexibility index (Phi) is 5.59. The molecule has 0 aliphatic carbocycles. The first kappa shape index (κ1) is 21.9. The Morgan fingerprint density at radius 2 is 1.80 bits per heavy atom. The van der Waals surface area contributed by atoms with Gasteiger partial charge >= 0.3 is 6.03 Å². The summed E-state index contributed by atoms with van der Waals surface area (Å²) in [6.07, 6.45) is 3.14. The molecule has 6 nitrogen and oxygen atoms in total. The number of aromatic nitrogens is 1. The first-order chi connectivity index (χ1) is 17.1. The predicted octanol–water partition coefficient (Wildman–Crippen LogP) is 5.67. The maximum atomic E-state index is 14.0. The molecular formula is C28H28N4O2S. The molecule has 0 saturated heterocycles. The van der Waals surface area contributed by atoms with Gasteiger partial charge in [0, 0.05) is 29.7 Å². The second kappa shape index (κ2) is 8.91. The monoisotopic (exact) mass is 484 g/mol. The molecule has 0 spiro atoms. The molecule has 178 valence electrons. The van der Waals surface area contributed by atoms with Gasteiger partial charge in [0.2, 0.25) is 0 Å². The maximum Gasteiger partial charge on any atom is 0.323 e. The van der Waals surface area contributed by atoms with Crippen molar-refractivity contribution in [2.75, 3.05) is 26.0 Å². The van der Waals surface area contributed by atoms with Gasteiger partial charge in [0.05, 0.1) is 31.1 Å². The Morgan fingerprint density at radius 3 is 2.63 bits per heavy atom. The first-order valence-corrected chi connectivity index (χ1v) is 12.7. The van der Waals surface area contributed by atoms with Crippen molar-refractivity contribution in [1.82, 2.24) is 14.4 Å². The Morgan fingerprint density at radius 1 is 1.00 bits per heavy atom. The van der Waals surface area contributed by atoms with Crippen molar-refractivity contribution in [2.24, 2.45) is 0 Å². The van der Waals surface area contributed by atoms with E-state index in [-0.39, 0.29) is 12.1 Å². The number of ether oxygens (including phenoxy) is 1. The minimum absolute atomic E-state index is 0.142. The lowest BCUT2D eigenvalue weighted by Crippen LogP contribution is -2.38. The largest absolute Gasteiger partial charge is 0.495 e. The van der Waals surface area contributed by atoms with E-state index in [1.807, 2.05) is 58.7 Å². The number of likely N-dealkylation sites (N-methyl/N-ethyl adjacent to an activating group) is 1. The summed E-state index contributed by atoms with van der Waals surface area (Å²) < 4.78 is 7.80. The maximum absolute atomic E-state index is 14.0. The molecule has 0 saturated carbocycles. The third kappa shape index (κ3) is 3.81. The second-order valence-corrected chi connectivity index (χ2v) is 10.2. The quantitative estimate of drug-likeness (QED) is 0.408. The van der Waals surface area contributed by atoms with E-state index in [4.69, 9.17) is 4.74 Å². The van der Waals surface area contributed by atoms with Gasteiger partial charge in [-0.1, -0.05) is 42.5 Å². The molecule has 1 N–H and O–H groups in total.